The van der Waals surface area contributed by atoms with E-state index in [9.17, 15) is 13.6 Å². The number of carbonyl (C=O) groups excluding carboxylic acids is 1. The number of methoxy groups -OCH3 is 1. The van der Waals surface area contributed by atoms with Crippen molar-refractivity contribution in [3.63, 3.8) is 0 Å². The highest BCUT2D eigenvalue weighted by Gasteiger charge is 2.14. The molecule has 0 atom stereocenters. The number of halogens is 3. The fourth-order valence-corrected chi connectivity index (χ4v) is 3.23. The summed E-state index contributed by atoms with van der Waals surface area (Å²) in [6, 6.07) is 8.57. The first kappa shape index (κ1) is 17.5. The minimum atomic E-state index is -0.948. The summed E-state index contributed by atoms with van der Waals surface area (Å²) in [5, 5.41) is 4.68. The minimum Gasteiger partial charge on any atom is -0.497 e. The second-order valence-corrected chi connectivity index (χ2v) is 6.68. The third-order valence-corrected chi connectivity index (χ3v) is 4.81. The van der Waals surface area contributed by atoms with Gasteiger partial charge in [0.25, 0.3) is 5.91 Å². The molecule has 0 saturated heterocycles. The number of thiazole rings is 1. The fraction of sp³-hybridized carbons (Fsp3) is 0.0588. The summed E-state index contributed by atoms with van der Waals surface area (Å²) in [5.74, 6) is -1.68. The van der Waals surface area contributed by atoms with Crippen molar-refractivity contribution in [2.24, 2.45) is 0 Å². The molecule has 3 rings (SSSR count). The van der Waals surface area contributed by atoms with E-state index < -0.39 is 11.6 Å². The Labute approximate surface area is 154 Å². The first-order valence-corrected chi connectivity index (χ1v) is 8.71. The second-order valence-electron chi connectivity index (χ2n) is 4.97. The molecule has 0 bridgehead atoms. The summed E-state index contributed by atoms with van der Waals surface area (Å²) in [6.45, 7) is 0. The van der Waals surface area contributed by atoms with Gasteiger partial charge in [-0.05, 0) is 52.3 Å². The molecule has 1 aromatic heterocycles. The molecule has 1 amide bonds. The van der Waals surface area contributed by atoms with Crippen molar-refractivity contribution in [2.45, 2.75) is 0 Å². The van der Waals surface area contributed by atoms with E-state index in [-0.39, 0.29) is 5.91 Å². The number of hydrogen-bond donors (Lipinski definition) is 1. The van der Waals surface area contributed by atoms with Crippen LogP contribution in [0.15, 0.2) is 46.3 Å². The van der Waals surface area contributed by atoms with Crippen LogP contribution in [0.25, 0.3) is 11.3 Å². The average Bonchev–Trinajstić information content (AvgIpc) is 3.06. The van der Waals surface area contributed by atoms with Crippen LogP contribution in [-0.4, -0.2) is 18.0 Å². The van der Waals surface area contributed by atoms with E-state index in [4.69, 9.17) is 4.74 Å². The van der Waals surface area contributed by atoms with Gasteiger partial charge < -0.3 is 4.74 Å². The molecule has 128 valence electrons. The molecule has 0 aliphatic rings. The molecule has 1 heterocycles. The highest BCUT2D eigenvalue weighted by atomic mass is 79.9. The van der Waals surface area contributed by atoms with Crippen LogP contribution in [0, 0.1) is 11.6 Å². The first-order valence-electron chi connectivity index (χ1n) is 7.04. The number of ether oxygens (including phenoxy) is 1. The fourth-order valence-electron chi connectivity index (χ4n) is 2.09. The SMILES string of the molecule is COc1ccc(Br)c(C(=O)Nc2nc(-c3ccc(F)c(F)c3)cs2)c1. The lowest BCUT2D eigenvalue weighted by Crippen LogP contribution is -2.12. The van der Waals surface area contributed by atoms with Gasteiger partial charge in [-0.3, -0.25) is 10.1 Å². The average molecular weight is 425 g/mol. The molecule has 0 fully saturated rings. The van der Waals surface area contributed by atoms with Crippen molar-refractivity contribution in [1.29, 1.82) is 0 Å². The number of anilines is 1. The zero-order valence-corrected chi connectivity index (χ0v) is 15.2. The Morgan fingerprint density at radius 1 is 1.20 bits per heavy atom. The minimum absolute atomic E-state index is 0.347. The molecule has 0 aliphatic heterocycles. The van der Waals surface area contributed by atoms with Gasteiger partial charge in [-0.2, -0.15) is 0 Å². The molecule has 25 heavy (non-hydrogen) atoms. The van der Waals surface area contributed by atoms with Gasteiger partial charge in [-0.1, -0.05) is 0 Å². The Balaban J connectivity index is 1.81. The van der Waals surface area contributed by atoms with Crippen LogP contribution in [0.5, 0.6) is 5.75 Å². The van der Waals surface area contributed by atoms with Gasteiger partial charge in [0.15, 0.2) is 16.8 Å². The quantitative estimate of drug-likeness (QED) is 0.632. The molecule has 8 heteroatoms. The number of amides is 1. The van der Waals surface area contributed by atoms with Gasteiger partial charge in [0.2, 0.25) is 0 Å². The molecule has 0 spiro atoms. The summed E-state index contributed by atoms with van der Waals surface area (Å²) < 4.78 is 32.1. The third-order valence-electron chi connectivity index (χ3n) is 3.36. The van der Waals surface area contributed by atoms with Crippen LogP contribution in [0.4, 0.5) is 13.9 Å². The topological polar surface area (TPSA) is 51.2 Å². The van der Waals surface area contributed by atoms with Gasteiger partial charge in [0.05, 0.1) is 18.4 Å². The number of carbonyl (C=O) groups is 1. The normalized spacial score (nSPS) is 10.6. The van der Waals surface area contributed by atoms with E-state index in [2.05, 4.69) is 26.2 Å². The number of benzene rings is 2. The van der Waals surface area contributed by atoms with Crippen LogP contribution in [0.2, 0.25) is 0 Å². The van der Waals surface area contributed by atoms with Crippen molar-refractivity contribution < 1.29 is 18.3 Å². The molecule has 0 aliphatic carbocycles. The van der Waals surface area contributed by atoms with Crippen molar-refractivity contribution in [3.05, 3.63) is 63.4 Å². The zero-order valence-electron chi connectivity index (χ0n) is 12.8. The maximum atomic E-state index is 13.3. The number of hydrogen-bond acceptors (Lipinski definition) is 4. The van der Waals surface area contributed by atoms with Gasteiger partial charge in [0.1, 0.15) is 5.75 Å². The lowest BCUT2D eigenvalue weighted by atomic mass is 10.2. The summed E-state index contributed by atoms with van der Waals surface area (Å²) >= 11 is 4.51. The molecule has 1 N–H and O–H groups in total. The Hall–Kier alpha value is -2.32. The molecular formula is C17H11BrF2N2O2S. The lowest BCUT2D eigenvalue weighted by Gasteiger charge is -2.06. The van der Waals surface area contributed by atoms with Crippen molar-refractivity contribution in [3.8, 4) is 17.0 Å². The van der Waals surface area contributed by atoms with Gasteiger partial charge in [-0.25, -0.2) is 13.8 Å². The molecule has 3 aromatic rings. The molecule has 0 saturated carbocycles. The summed E-state index contributed by atoms with van der Waals surface area (Å²) in [5.41, 5.74) is 1.27. The predicted octanol–water partition coefficient (Wildman–Crippen LogP) is 5.11. The molecule has 4 nitrogen and oxygen atoms in total. The maximum Gasteiger partial charge on any atom is 0.258 e. The largest absolute Gasteiger partial charge is 0.497 e. The number of nitrogens with one attached hydrogen (secondary N) is 1. The van der Waals surface area contributed by atoms with E-state index >= 15 is 0 Å². The number of nitrogens with zero attached hydrogens (tertiary/aromatic N) is 1. The van der Waals surface area contributed by atoms with Gasteiger partial charge >= 0.3 is 0 Å². The van der Waals surface area contributed by atoms with E-state index in [0.717, 1.165) is 12.1 Å². The Morgan fingerprint density at radius 2 is 2.00 bits per heavy atom. The van der Waals surface area contributed by atoms with Crippen LogP contribution >= 0.6 is 27.3 Å². The van der Waals surface area contributed by atoms with E-state index in [0.29, 0.717) is 32.2 Å². The summed E-state index contributed by atoms with van der Waals surface area (Å²) in [4.78, 5) is 16.6. The van der Waals surface area contributed by atoms with Crippen molar-refractivity contribution >= 4 is 38.3 Å². The highest BCUT2D eigenvalue weighted by molar-refractivity contribution is 9.10. The smallest absolute Gasteiger partial charge is 0.258 e. The molecular weight excluding hydrogens is 414 g/mol. The van der Waals surface area contributed by atoms with E-state index in [1.165, 1.54) is 24.5 Å². The highest BCUT2D eigenvalue weighted by Crippen LogP contribution is 2.28. The lowest BCUT2D eigenvalue weighted by molar-refractivity contribution is 0.102. The van der Waals surface area contributed by atoms with Crippen LogP contribution in [-0.2, 0) is 0 Å². The van der Waals surface area contributed by atoms with Crippen molar-refractivity contribution in [1.82, 2.24) is 4.98 Å². The molecule has 2 aromatic carbocycles. The van der Waals surface area contributed by atoms with Crippen LogP contribution < -0.4 is 10.1 Å². The Bertz CT molecular complexity index is 946. The van der Waals surface area contributed by atoms with E-state index in [1.54, 1.807) is 23.6 Å². The summed E-state index contributed by atoms with van der Waals surface area (Å²) in [6.07, 6.45) is 0. The third kappa shape index (κ3) is 3.85. The first-order chi connectivity index (χ1) is 12.0. The second kappa shape index (κ2) is 7.28. The number of aromatic nitrogens is 1. The molecule has 0 radical (unpaired) electrons. The summed E-state index contributed by atoms with van der Waals surface area (Å²) in [7, 11) is 1.51. The standard InChI is InChI=1S/C17H11BrF2N2O2S/c1-24-10-3-4-12(18)11(7-10)16(23)22-17-21-15(8-25-17)9-2-5-13(19)14(20)6-9/h2-8H,1H3,(H,21,22,23). The molecule has 0 unspecified atom stereocenters. The van der Waals surface area contributed by atoms with Crippen LogP contribution in [0.1, 0.15) is 10.4 Å². The Kier molecular flexibility index (Phi) is 5.10. The Morgan fingerprint density at radius 3 is 2.72 bits per heavy atom. The predicted molar refractivity (Wildman–Crippen MR) is 96.1 cm³/mol. The van der Waals surface area contributed by atoms with Gasteiger partial charge in [-0.15, -0.1) is 11.3 Å². The maximum absolute atomic E-state index is 13.3. The van der Waals surface area contributed by atoms with Crippen molar-refractivity contribution in [2.75, 3.05) is 12.4 Å². The van der Waals surface area contributed by atoms with E-state index in [1.807, 2.05) is 0 Å². The monoisotopic (exact) mass is 424 g/mol. The van der Waals surface area contributed by atoms with Gasteiger partial charge in [0, 0.05) is 15.4 Å². The number of rotatable bonds is 4. The van der Waals surface area contributed by atoms with Crippen LogP contribution in [0.3, 0.4) is 0 Å². The zero-order chi connectivity index (χ0) is 18.0.